The molecule has 0 bridgehead atoms. The van der Waals surface area contributed by atoms with Gasteiger partial charge in [0.1, 0.15) is 0 Å². The summed E-state index contributed by atoms with van der Waals surface area (Å²) < 4.78 is 24.0. The largest absolute Gasteiger partial charge is 0.325 e. The molecular formula is C13H17ClN2O3S. The molecular weight excluding hydrogens is 300 g/mol. The Morgan fingerprint density at radius 2 is 2.15 bits per heavy atom. The molecule has 0 aliphatic heterocycles. The molecule has 0 aliphatic carbocycles. The van der Waals surface area contributed by atoms with Gasteiger partial charge >= 0.3 is 0 Å². The van der Waals surface area contributed by atoms with Gasteiger partial charge in [0.05, 0.1) is 12.8 Å². The predicted octanol–water partition coefficient (Wildman–Crippen LogP) is 2.03. The molecule has 0 atom stereocenters. The van der Waals surface area contributed by atoms with E-state index in [9.17, 15) is 13.2 Å². The van der Waals surface area contributed by atoms with E-state index >= 15 is 0 Å². The zero-order valence-electron chi connectivity index (χ0n) is 11.4. The minimum Gasteiger partial charge on any atom is -0.325 e. The van der Waals surface area contributed by atoms with Crippen molar-refractivity contribution in [1.29, 1.82) is 0 Å². The van der Waals surface area contributed by atoms with Crippen LogP contribution >= 0.6 is 11.6 Å². The summed E-state index contributed by atoms with van der Waals surface area (Å²) >= 11 is 5.95. The van der Waals surface area contributed by atoms with E-state index in [0.29, 0.717) is 10.7 Å². The van der Waals surface area contributed by atoms with Crippen LogP contribution in [0, 0.1) is 6.92 Å². The number of halogens is 1. The minimum absolute atomic E-state index is 0.0842. The molecule has 0 radical (unpaired) electrons. The first-order chi connectivity index (χ1) is 9.24. The number of benzene rings is 1. The van der Waals surface area contributed by atoms with Crippen LogP contribution in [-0.4, -0.2) is 38.0 Å². The molecule has 0 saturated heterocycles. The van der Waals surface area contributed by atoms with E-state index in [1.54, 1.807) is 18.2 Å². The topological polar surface area (TPSA) is 66.5 Å². The highest BCUT2D eigenvalue weighted by Gasteiger charge is 2.18. The Morgan fingerprint density at radius 1 is 1.50 bits per heavy atom. The molecule has 0 aliphatic rings. The van der Waals surface area contributed by atoms with Crippen LogP contribution in [0.1, 0.15) is 5.56 Å². The Morgan fingerprint density at radius 3 is 2.65 bits per heavy atom. The number of hydrogen-bond donors (Lipinski definition) is 1. The molecule has 110 valence electrons. The highest BCUT2D eigenvalue weighted by Crippen LogP contribution is 2.19. The van der Waals surface area contributed by atoms with Crippen LogP contribution in [0.5, 0.6) is 0 Å². The third kappa shape index (κ3) is 4.96. The summed E-state index contributed by atoms with van der Waals surface area (Å²) in [4.78, 5) is 11.8. The Bertz CT molecular complexity index is 614. The average molecular weight is 317 g/mol. The number of hydrogen-bond acceptors (Lipinski definition) is 3. The lowest BCUT2D eigenvalue weighted by atomic mass is 10.2. The lowest BCUT2D eigenvalue weighted by molar-refractivity contribution is -0.116. The molecule has 1 aromatic rings. The summed E-state index contributed by atoms with van der Waals surface area (Å²) in [6.07, 6.45) is 2.48. The summed E-state index contributed by atoms with van der Waals surface area (Å²) in [5.41, 5.74) is 1.42. The second-order valence-electron chi connectivity index (χ2n) is 4.36. The van der Waals surface area contributed by atoms with E-state index in [1.807, 2.05) is 6.92 Å². The number of nitrogens with one attached hydrogen (secondary N) is 1. The van der Waals surface area contributed by atoms with Gasteiger partial charge < -0.3 is 5.32 Å². The zero-order chi connectivity index (χ0) is 15.3. The number of carbonyl (C=O) groups excluding carboxylic acids is 1. The van der Waals surface area contributed by atoms with E-state index < -0.39 is 15.9 Å². The van der Waals surface area contributed by atoms with Gasteiger partial charge in [-0.25, -0.2) is 8.42 Å². The second kappa shape index (κ2) is 6.88. The average Bonchev–Trinajstić information content (AvgIpc) is 2.32. The normalized spacial score (nSPS) is 11.4. The minimum atomic E-state index is -3.45. The summed E-state index contributed by atoms with van der Waals surface area (Å²) in [5.74, 6) is -0.433. The molecule has 0 saturated carbocycles. The van der Waals surface area contributed by atoms with Crippen LogP contribution in [0.4, 0.5) is 5.69 Å². The first kappa shape index (κ1) is 16.7. The van der Waals surface area contributed by atoms with Gasteiger partial charge in [0.2, 0.25) is 15.9 Å². The van der Waals surface area contributed by atoms with Gasteiger partial charge in [0.15, 0.2) is 0 Å². The third-order valence-corrected chi connectivity index (χ3v) is 4.20. The molecule has 1 amide bonds. The standard InChI is InChI=1S/C13H17ClN2O3S/c1-4-7-16(20(3,18)19)9-13(17)15-11-6-5-10(2)12(14)8-11/h4-6,8H,1,7,9H2,2-3H3,(H,15,17). The SMILES string of the molecule is C=CCN(CC(=O)Nc1ccc(C)c(Cl)c1)S(C)(=O)=O. The fourth-order valence-electron chi connectivity index (χ4n) is 1.49. The van der Waals surface area contributed by atoms with Gasteiger partial charge in [0.25, 0.3) is 0 Å². The van der Waals surface area contributed by atoms with Crippen molar-refractivity contribution >= 4 is 33.2 Å². The van der Waals surface area contributed by atoms with Crippen molar-refractivity contribution in [3.8, 4) is 0 Å². The van der Waals surface area contributed by atoms with Gasteiger partial charge in [-0.3, -0.25) is 4.79 Å². The number of aryl methyl sites for hydroxylation is 1. The Hall–Kier alpha value is -1.37. The van der Waals surface area contributed by atoms with E-state index in [-0.39, 0.29) is 13.1 Å². The number of rotatable bonds is 6. The first-order valence-corrected chi connectivity index (χ1v) is 8.08. The maximum atomic E-state index is 11.8. The molecule has 0 heterocycles. The van der Waals surface area contributed by atoms with E-state index in [4.69, 9.17) is 11.6 Å². The molecule has 20 heavy (non-hydrogen) atoms. The molecule has 5 nitrogen and oxygen atoms in total. The van der Waals surface area contributed by atoms with Crippen molar-refractivity contribution in [3.63, 3.8) is 0 Å². The maximum Gasteiger partial charge on any atom is 0.239 e. The molecule has 0 fully saturated rings. The van der Waals surface area contributed by atoms with E-state index in [2.05, 4.69) is 11.9 Å². The number of amides is 1. The van der Waals surface area contributed by atoms with Gasteiger partial charge in [-0.15, -0.1) is 6.58 Å². The van der Waals surface area contributed by atoms with E-state index in [0.717, 1.165) is 16.1 Å². The molecule has 1 aromatic carbocycles. The van der Waals surface area contributed by atoms with Gasteiger partial charge in [0, 0.05) is 17.3 Å². The summed E-state index contributed by atoms with van der Waals surface area (Å²) in [7, 11) is -3.45. The van der Waals surface area contributed by atoms with Crippen LogP contribution in [-0.2, 0) is 14.8 Å². The predicted molar refractivity (Wildman–Crippen MR) is 81.4 cm³/mol. The number of sulfonamides is 1. The quantitative estimate of drug-likeness (QED) is 0.817. The summed E-state index contributed by atoms with van der Waals surface area (Å²) in [6, 6.07) is 5.10. The first-order valence-electron chi connectivity index (χ1n) is 5.86. The summed E-state index contributed by atoms with van der Waals surface area (Å²) in [5, 5.41) is 3.14. The van der Waals surface area contributed by atoms with Crippen LogP contribution in [0.3, 0.4) is 0 Å². The molecule has 1 N–H and O–H groups in total. The van der Waals surface area contributed by atoms with Crippen molar-refractivity contribution in [2.45, 2.75) is 6.92 Å². The smallest absolute Gasteiger partial charge is 0.239 e. The van der Waals surface area contributed by atoms with Crippen LogP contribution in [0.2, 0.25) is 5.02 Å². The van der Waals surface area contributed by atoms with Gasteiger partial charge in [-0.1, -0.05) is 23.7 Å². The maximum absolute atomic E-state index is 11.8. The van der Waals surface area contributed by atoms with Gasteiger partial charge in [-0.2, -0.15) is 4.31 Å². The van der Waals surface area contributed by atoms with Crippen molar-refractivity contribution in [2.75, 3.05) is 24.7 Å². The van der Waals surface area contributed by atoms with Crippen molar-refractivity contribution in [3.05, 3.63) is 41.4 Å². The van der Waals surface area contributed by atoms with Crippen LogP contribution in [0.15, 0.2) is 30.9 Å². The number of nitrogens with zero attached hydrogens (tertiary/aromatic N) is 1. The Balaban J connectivity index is 2.75. The zero-order valence-corrected chi connectivity index (χ0v) is 13.0. The van der Waals surface area contributed by atoms with Crippen molar-refractivity contribution in [1.82, 2.24) is 4.31 Å². The lowest BCUT2D eigenvalue weighted by Crippen LogP contribution is -2.37. The molecule has 1 rings (SSSR count). The monoisotopic (exact) mass is 316 g/mol. The molecule has 0 unspecified atom stereocenters. The fraction of sp³-hybridized carbons (Fsp3) is 0.308. The van der Waals surface area contributed by atoms with Crippen LogP contribution < -0.4 is 5.32 Å². The molecule has 0 spiro atoms. The fourth-order valence-corrected chi connectivity index (χ4v) is 2.40. The lowest BCUT2D eigenvalue weighted by Gasteiger charge is -2.17. The van der Waals surface area contributed by atoms with Gasteiger partial charge in [-0.05, 0) is 24.6 Å². The number of anilines is 1. The third-order valence-electron chi connectivity index (χ3n) is 2.58. The van der Waals surface area contributed by atoms with Crippen molar-refractivity contribution < 1.29 is 13.2 Å². The highest BCUT2D eigenvalue weighted by molar-refractivity contribution is 7.88. The van der Waals surface area contributed by atoms with Crippen molar-refractivity contribution in [2.24, 2.45) is 0 Å². The van der Waals surface area contributed by atoms with Crippen LogP contribution in [0.25, 0.3) is 0 Å². The Labute approximate surface area is 124 Å². The molecule has 0 aromatic heterocycles. The highest BCUT2D eigenvalue weighted by atomic mass is 35.5. The summed E-state index contributed by atoms with van der Waals surface area (Å²) in [6.45, 7) is 5.14. The molecule has 7 heteroatoms. The Kier molecular flexibility index (Phi) is 5.74. The second-order valence-corrected chi connectivity index (χ2v) is 6.75. The van der Waals surface area contributed by atoms with E-state index in [1.165, 1.54) is 6.08 Å². The number of carbonyl (C=O) groups is 1.